The average molecular weight is 569 g/mol. The maximum Gasteiger partial charge on any atom is 0.251 e. The second kappa shape index (κ2) is 13.0. The number of likely N-dealkylation sites (N-methyl/N-ethyl adjacent to an activating group) is 1. The molecular formula is C29H32N10O3. The number of nitrogens with one attached hydrogen (secondary N) is 2. The summed E-state index contributed by atoms with van der Waals surface area (Å²) in [7, 11) is 3.63. The van der Waals surface area contributed by atoms with Crippen molar-refractivity contribution in [2.45, 2.75) is 38.5 Å². The molecule has 1 amide bonds. The van der Waals surface area contributed by atoms with Gasteiger partial charge in [-0.25, -0.2) is 14.6 Å². The second-order valence-corrected chi connectivity index (χ2v) is 10.2. The van der Waals surface area contributed by atoms with Crippen molar-refractivity contribution in [1.82, 2.24) is 40.4 Å². The number of amides is 1. The maximum absolute atomic E-state index is 13.0. The lowest BCUT2D eigenvalue weighted by Gasteiger charge is -2.30. The highest BCUT2D eigenvalue weighted by molar-refractivity contribution is 5.96. The number of piperidine rings is 1. The van der Waals surface area contributed by atoms with E-state index in [9.17, 15) is 10.1 Å². The minimum absolute atomic E-state index is 0.119. The van der Waals surface area contributed by atoms with Crippen molar-refractivity contribution in [2.75, 3.05) is 32.6 Å². The first kappa shape index (κ1) is 28.4. The molecule has 2 aromatic carbocycles. The Morgan fingerprint density at radius 1 is 1.17 bits per heavy atom. The van der Waals surface area contributed by atoms with Crippen LogP contribution in [-0.2, 0) is 6.54 Å². The number of ether oxygens (including phenoxy) is 2. The highest BCUT2D eigenvalue weighted by Crippen LogP contribution is 2.30. The Morgan fingerprint density at radius 2 is 2.00 bits per heavy atom. The van der Waals surface area contributed by atoms with Gasteiger partial charge in [0.15, 0.2) is 0 Å². The number of hydrogen-bond donors (Lipinski definition) is 2. The van der Waals surface area contributed by atoms with Gasteiger partial charge in [0, 0.05) is 36.1 Å². The van der Waals surface area contributed by atoms with Crippen molar-refractivity contribution in [3.63, 3.8) is 0 Å². The zero-order valence-electron chi connectivity index (χ0n) is 23.7. The molecule has 13 nitrogen and oxygen atoms in total. The van der Waals surface area contributed by atoms with Gasteiger partial charge >= 0.3 is 0 Å². The van der Waals surface area contributed by atoms with Gasteiger partial charge in [-0.1, -0.05) is 6.07 Å². The van der Waals surface area contributed by atoms with Crippen LogP contribution in [0.2, 0.25) is 0 Å². The zero-order chi connectivity index (χ0) is 29.5. The number of aromatic nitrogens is 6. The van der Waals surface area contributed by atoms with Gasteiger partial charge in [-0.15, -0.1) is 5.10 Å². The zero-order valence-corrected chi connectivity index (χ0v) is 23.7. The quantitative estimate of drug-likeness (QED) is 0.290. The molecule has 2 atom stereocenters. The fourth-order valence-electron chi connectivity index (χ4n) is 4.84. The van der Waals surface area contributed by atoms with Crippen LogP contribution >= 0.6 is 0 Å². The van der Waals surface area contributed by atoms with Gasteiger partial charge < -0.3 is 25.0 Å². The van der Waals surface area contributed by atoms with Gasteiger partial charge in [0.05, 0.1) is 24.9 Å². The van der Waals surface area contributed by atoms with E-state index in [0.717, 1.165) is 37.1 Å². The predicted octanol–water partition coefficient (Wildman–Crippen LogP) is 3.05. The summed E-state index contributed by atoms with van der Waals surface area (Å²) in [6.45, 7) is 4.18. The molecule has 1 aliphatic rings. The fourth-order valence-corrected chi connectivity index (χ4v) is 4.84. The minimum Gasteiger partial charge on any atom is -0.495 e. The van der Waals surface area contributed by atoms with Crippen LogP contribution in [0.3, 0.4) is 0 Å². The Bertz CT molecular complexity index is 1550. The normalized spacial score (nSPS) is 15.8. The lowest BCUT2D eigenvalue weighted by atomic mass is 10.1. The third-order valence-corrected chi connectivity index (χ3v) is 6.92. The molecule has 4 aromatic rings. The van der Waals surface area contributed by atoms with Gasteiger partial charge in [0.25, 0.3) is 5.91 Å². The lowest BCUT2D eigenvalue weighted by Crippen LogP contribution is -2.46. The molecule has 3 heterocycles. The molecule has 0 saturated carbocycles. The molecule has 0 radical (unpaired) electrons. The molecule has 1 saturated heterocycles. The number of rotatable bonds is 10. The van der Waals surface area contributed by atoms with Crippen molar-refractivity contribution in [1.29, 1.82) is 5.26 Å². The Hall–Kier alpha value is -5.09. The molecule has 216 valence electrons. The number of nitrogens with zero attached hydrogens (tertiary/aromatic N) is 8. The summed E-state index contributed by atoms with van der Waals surface area (Å²) in [6, 6.07) is 12.8. The number of benzene rings is 2. The third-order valence-electron chi connectivity index (χ3n) is 6.92. The maximum atomic E-state index is 13.0. The summed E-state index contributed by atoms with van der Waals surface area (Å²) in [6.07, 6.45) is 6.59. The number of nitriles is 1. The first-order valence-corrected chi connectivity index (χ1v) is 13.6. The van der Waals surface area contributed by atoms with Crippen LogP contribution in [0.15, 0.2) is 55.1 Å². The first-order chi connectivity index (χ1) is 20.4. The summed E-state index contributed by atoms with van der Waals surface area (Å²) in [5.74, 6) is 1.20. The topological polar surface area (TPSA) is 156 Å². The highest BCUT2D eigenvalue weighted by atomic mass is 16.5. The summed E-state index contributed by atoms with van der Waals surface area (Å²) < 4.78 is 13.1. The van der Waals surface area contributed by atoms with Crippen LogP contribution in [0.1, 0.15) is 35.7 Å². The summed E-state index contributed by atoms with van der Waals surface area (Å²) >= 11 is 0. The van der Waals surface area contributed by atoms with E-state index < -0.39 is 0 Å². The van der Waals surface area contributed by atoms with Crippen molar-refractivity contribution < 1.29 is 14.3 Å². The number of methoxy groups -OCH3 is 1. The van der Waals surface area contributed by atoms with E-state index >= 15 is 0 Å². The molecule has 13 heteroatoms. The van der Waals surface area contributed by atoms with E-state index in [2.05, 4.69) is 54.1 Å². The van der Waals surface area contributed by atoms with Crippen LogP contribution in [0, 0.1) is 11.3 Å². The molecular weight excluding hydrogens is 536 g/mol. The standard InChI is InChI=1S/C29H32N10O3/c1-19(16-39-18-33-36-37-39)42-27-12-20(6-7-22(27)13-30)23-14-31-29(32-15-23)35-25-11-21(8-9-26(25)41-3)28(40)34-24-5-4-10-38(2)17-24/h6-9,11-12,14-15,18-19,24H,4-5,10,16-17H2,1-3H3,(H,34,40)(H,31,32,35). The summed E-state index contributed by atoms with van der Waals surface area (Å²) in [5, 5.41) is 27.0. The fraction of sp³-hybridized carbons (Fsp3) is 0.345. The summed E-state index contributed by atoms with van der Waals surface area (Å²) in [5.41, 5.74) is 3.02. The monoisotopic (exact) mass is 568 g/mol. The van der Waals surface area contributed by atoms with Gasteiger partial charge in [-0.2, -0.15) is 5.26 Å². The van der Waals surface area contributed by atoms with E-state index in [1.165, 1.54) is 6.33 Å². The largest absolute Gasteiger partial charge is 0.495 e. The highest BCUT2D eigenvalue weighted by Gasteiger charge is 2.20. The van der Waals surface area contributed by atoms with Crippen LogP contribution in [0.5, 0.6) is 11.5 Å². The van der Waals surface area contributed by atoms with Crippen LogP contribution in [-0.4, -0.2) is 80.4 Å². The van der Waals surface area contributed by atoms with E-state index in [1.807, 2.05) is 13.0 Å². The SMILES string of the molecule is COc1ccc(C(=O)NC2CCCN(C)C2)cc1Nc1ncc(-c2ccc(C#N)c(OC(C)Cn3cnnn3)c2)cn1. The smallest absolute Gasteiger partial charge is 0.251 e. The van der Waals surface area contributed by atoms with Gasteiger partial charge in [-0.3, -0.25) is 4.79 Å². The number of carbonyl (C=O) groups excluding carboxylic acids is 1. The number of carbonyl (C=O) groups is 1. The molecule has 2 N–H and O–H groups in total. The minimum atomic E-state index is -0.282. The molecule has 0 aliphatic carbocycles. The average Bonchev–Trinajstić information content (AvgIpc) is 3.50. The Balaban J connectivity index is 1.29. The van der Waals surface area contributed by atoms with Crippen molar-refractivity contribution in [3.05, 3.63) is 66.2 Å². The van der Waals surface area contributed by atoms with Gasteiger partial charge in [0.2, 0.25) is 5.95 Å². The van der Waals surface area contributed by atoms with E-state index in [0.29, 0.717) is 40.8 Å². The van der Waals surface area contributed by atoms with Crippen molar-refractivity contribution >= 4 is 17.5 Å². The van der Waals surface area contributed by atoms with E-state index in [-0.39, 0.29) is 18.1 Å². The molecule has 5 rings (SSSR count). The molecule has 2 unspecified atom stereocenters. The van der Waals surface area contributed by atoms with Gasteiger partial charge in [-0.05, 0) is 79.7 Å². The molecule has 42 heavy (non-hydrogen) atoms. The summed E-state index contributed by atoms with van der Waals surface area (Å²) in [4.78, 5) is 24.1. The first-order valence-electron chi connectivity index (χ1n) is 13.6. The van der Waals surface area contributed by atoms with Crippen molar-refractivity contribution in [2.24, 2.45) is 0 Å². The van der Waals surface area contributed by atoms with Crippen LogP contribution < -0.4 is 20.1 Å². The molecule has 0 spiro atoms. The Labute approximate surface area is 243 Å². The number of tetrazole rings is 1. The molecule has 2 aromatic heterocycles. The van der Waals surface area contributed by atoms with Crippen LogP contribution in [0.4, 0.5) is 11.6 Å². The van der Waals surface area contributed by atoms with Gasteiger partial charge in [0.1, 0.15) is 30.0 Å². The lowest BCUT2D eigenvalue weighted by molar-refractivity contribution is 0.0912. The Kier molecular flexibility index (Phi) is 8.84. The molecule has 1 aliphatic heterocycles. The number of likely N-dealkylation sites (tertiary alicyclic amines) is 1. The Morgan fingerprint density at radius 3 is 2.71 bits per heavy atom. The molecule has 1 fully saturated rings. The molecule has 0 bridgehead atoms. The third kappa shape index (κ3) is 6.97. The van der Waals surface area contributed by atoms with E-state index in [1.54, 1.807) is 54.5 Å². The van der Waals surface area contributed by atoms with E-state index in [4.69, 9.17) is 9.47 Å². The van der Waals surface area contributed by atoms with Crippen LogP contribution in [0.25, 0.3) is 11.1 Å². The number of hydrogen-bond acceptors (Lipinski definition) is 11. The van der Waals surface area contributed by atoms with Crippen molar-refractivity contribution in [3.8, 4) is 28.7 Å². The predicted molar refractivity (Wildman–Crippen MR) is 154 cm³/mol. The number of anilines is 2. The second-order valence-electron chi connectivity index (χ2n) is 10.2.